The standard InChI is InChI=1S/C20H28N4OS/c1-16(19-8-5-13-26-19)15-22-20(21-2)24-11-9-23(10-12-24)17-6-4-7-18(14-17)25-3/h4-8,13-14,16H,9-12,15H2,1-3H3,(H,21,22). The van der Waals surface area contributed by atoms with Crippen LogP contribution in [0.1, 0.15) is 17.7 Å². The van der Waals surface area contributed by atoms with Gasteiger partial charge in [0.2, 0.25) is 0 Å². The molecule has 1 unspecified atom stereocenters. The predicted molar refractivity (Wildman–Crippen MR) is 111 cm³/mol. The van der Waals surface area contributed by atoms with Crippen molar-refractivity contribution >= 4 is 23.0 Å². The van der Waals surface area contributed by atoms with Gasteiger partial charge >= 0.3 is 0 Å². The minimum atomic E-state index is 0.491. The molecule has 1 atom stereocenters. The first-order valence-corrected chi connectivity index (χ1v) is 9.97. The number of piperazine rings is 1. The summed E-state index contributed by atoms with van der Waals surface area (Å²) in [7, 11) is 3.58. The minimum Gasteiger partial charge on any atom is -0.497 e. The monoisotopic (exact) mass is 372 g/mol. The van der Waals surface area contributed by atoms with E-state index in [1.165, 1.54) is 10.6 Å². The smallest absolute Gasteiger partial charge is 0.193 e. The molecule has 0 radical (unpaired) electrons. The highest BCUT2D eigenvalue weighted by Gasteiger charge is 2.20. The van der Waals surface area contributed by atoms with E-state index in [2.05, 4.69) is 56.7 Å². The fourth-order valence-electron chi connectivity index (χ4n) is 3.23. The lowest BCUT2D eigenvalue weighted by atomic mass is 10.1. The third-order valence-corrected chi connectivity index (χ3v) is 5.91. The van der Waals surface area contributed by atoms with Gasteiger partial charge in [0, 0.05) is 62.3 Å². The van der Waals surface area contributed by atoms with Crippen LogP contribution < -0.4 is 15.0 Å². The zero-order valence-corrected chi connectivity index (χ0v) is 16.6. The Morgan fingerprint density at radius 1 is 1.23 bits per heavy atom. The van der Waals surface area contributed by atoms with Crippen LogP contribution in [0.25, 0.3) is 0 Å². The van der Waals surface area contributed by atoms with E-state index in [-0.39, 0.29) is 0 Å². The Morgan fingerprint density at radius 2 is 2.04 bits per heavy atom. The van der Waals surface area contributed by atoms with Crippen LogP contribution >= 0.6 is 11.3 Å². The van der Waals surface area contributed by atoms with Crippen LogP contribution in [0.2, 0.25) is 0 Å². The van der Waals surface area contributed by atoms with E-state index in [0.717, 1.165) is 44.4 Å². The molecule has 5 nitrogen and oxygen atoms in total. The summed E-state index contributed by atoms with van der Waals surface area (Å²) in [6, 6.07) is 12.6. The number of thiophene rings is 1. The summed E-state index contributed by atoms with van der Waals surface area (Å²) < 4.78 is 5.34. The highest BCUT2D eigenvalue weighted by Crippen LogP contribution is 2.22. The van der Waals surface area contributed by atoms with Crippen molar-refractivity contribution in [3.05, 3.63) is 46.7 Å². The van der Waals surface area contributed by atoms with Crippen LogP contribution in [0.4, 0.5) is 5.69 Å². The molecule has 1 aliphatic heterocycles. The summed E-state index contributed by atoms with van der Waals surface area (Å²) in [5.41, 5.74) is 1.22. The van der Waals surface area contributed by atoms with Gasteiger partial charge in [-0.3, -0.25) is 4.99 Å². The number of hydrogen-bond acceptors (Lipinski definition) is 4. The molecule has 1 aromatic carbocycles. The Morgan fingerprint density at radius 3 is 2.69 bits per heavy atom. The van der Waals surface area contributed by atoms with Crippen molar-refractivity contribution in [3.8, 4) is 5.75 Å². The molecule has 1 fully saturated rings. The third kappa shape index (κ3) is 4.49. The van der Waals surface area contributed by atoms with Gasteiger partial charge in [-0.25, -0.2) is 0 Å². The Labute approximate surface area is 160 Å². The van der Waals surface area contributed by atoms with Crippen molar-refractivity contribution < 1.29 is 4.74 Å². The molecular weight excluding hydrogens is 344 g/mol. The Balaban J connectivity index is 1.52. The molecule has 3 rings (SSSR count). The van der Waals surface area contributed by atoms with Gasteiger partial charge in [0.25, 0.3) is 0 Å². The number of hydrogen-bond donors (Lipinski definition) is 1. The summed E-state index contributed by atoms with van der Waals surface area (Å²) in [6.45, 7) is 7.05. The molecule has 1 saturated heterocycles. The molecular formula is C20H28N4OS. The summed E-state index contributed by atoms with van der Waals surface area (Å²) >= 11 is 1.82. The average molecular weight is 373 g/mol. The number of aliphatic imine (C=N–C) groups is 1. The average Bonchev–Trinajstić information content (AvgIpc) is 3.24. The van der Waals surface area contributed by atoms with E-state index in [1.54, 1.807) is 7.11 Å². The van der Waals surface area contributed by atoms with Crippen molar-refractivity contribution in [2.45, 2.75) is 12.8 Å². The van der Waals surface area contributed by atoms with Gasteiger partial charge in [-0.05, 0) is 23.6 Å². The molecule has 6 heteroatoms. The number of guanidine groups is 1. The van der Waals surface area contributed by atoms with Crippen LogP contribution in [0.5, 0.6) is 5.75 Å². The van der Waals surface area contributed by atoms with Crippen molar-refractivity contribution in [1.29, 1.82) is 0 Å². The number of benzene rings is 1. The second-order valence-corrected chi connectivity index (χ2v) is 7.50. The summed E-state index contributed by atoms with van der Waals surface area (Å²) in [5, 5.41) is 5.68. The predicted octanol–water partition coefficient (Wildman–Crippen LogP) is 3.26. The minimum absolute atomic E-state index is 0.491. The third-order valence-electron chi connectivity index (χ3n) is 4.80. The van der Waals surface area contributed by atoms with Gasteiger partial charge in [-0.1, -0.05) is 19.1 Å². The van der Waals surface area contributed by atoms with Gasteiger partial charge in [-0.15, -0.1) is 11.3 Å². The van der Waals surface area contributed by atoms with Gasteiger partial charge in [0.05, 0.1) is 7.11 Å². The summed E-state index contributed by atoms with van der Waals surface area (Å²) in [6.07, 6.45) is 0. The second kappa shape index (κ2) is 8.94. The molecule has 1 aromatic heterocycles. The summed E-state index contributed by atoms with van der Waals surface area (Å²) in [5.74, 6) is 2.40. The van der Waals surface area contributed by atoms with Crippen molar-refractivity contribution in [2.75, 3.05) is 51.8 Å². The van der Waals surface area contributed by atoms with Crippen LogP contribution in [0.3, 0.4) is 0 Å². The maximum atomic E-state index is 5.34. The molecule has 1 N–H and O–H groups in total. The highest BCUT2D eigenvalue weighted by molar-refractivity contribution is 7.10. The number of anilines is 1. The Hall–Kier alpha value is -2.21. The molecule has 0 amide bonds. The first kappa shape index (κ1) is 18.6. The zero-order chi connectivity index (χ0) is 18.4. The quantitative estimate of drug-likeness (QED) is 0.646. The van der Waals surface area contributed by atoms with E-state index in [1.807, 2.05) is 30.5 Å². The zero-order valence-electron chi connectivity index (χ0n) is 15.8. The number of methoxy groups -OCH3 is 1. The number of nitrogens with zero attached hydrogens (tertiary/aromatic N) is 3. The van der Waals surface area contributed by atoms with E-state index < -0.39 is 0 Å². The lowest BCUT2D eigenvalue weighted by Gasteiger charge is -2.38. The second-order valence-electron chi connectivity index (χ2n) is 6.52. The highest BCUT2D eigenvalue weighted by atomic mass is 32.1. The first-order valence-electron chi connectivity index (χ1n) is 9.09. The SMILES string of the molecule is CN=C(NCC(C)c1cccs1)N1CCN(c2cccc(OC)c2)CC1. The molecule has 0 saturated carbocycles. The molecule has 140 valence electrons. The van der Waals surface area contributed by atoms with Gasteiger partial charge in [0.15, 0.2) is 5.96 Å². The van der Waals surface area contributed by atoms with Crippen LogP contribution in [-0.2, 0) is 0 Å². The van der Waals surface area contributed by atoms with E-state index >= 15 is 0 Å². The van der Waals surface area contributed by atoms with Crippen molar-refractivity contribution in [1.82, 2.24) is 10.2 Å². The fraction of sp³-hybridized carbons (Fsp3) is 0.450. The van der Waals surface area contributed by atoms with E-state index in [0.29, 0.717) is 5.92 Å². The molecule has 2 aromatic rings. The van der Waals surface area contributed by atoms with E-state index in [4.69, 9.17) is 4.74 Å². The number of nitrogens with one attached hydrogen (secondary N) is 1. The lowest BCUT2D eigenvalue weighted by molar-refractivity contribution is 0.371. The van der Waals surface area contributed by atoms with Gasteiger partial charge in [-0.2, -0.15) is 0 Å². The number of rotatable bonds is 5. The molecule has 2 heterocycles. The molecule has 0 spiro atoms. The topological polar surface area (TPSA) is 40.1 Å². The fourth-order valence-corrected chi connectivity index (χ4v) is 4.02. The molecule has 26 heavy (non-hydrogen) atoms. The van der Waals surface area contributed by atoms with E-state index in [9.17, 15) is 0 Å². The van der Waals surface area contributed by atoms with Crippen LogP contribution in [0, 0.1) is 0 Å². The van der Waals surface area contributed by atoms with Crippen molar-refractivity contribution in [3.63, 3.8) is 0 Å². The van der Waals surface area contributed by atoms with Crippen LogP contribution in [0.15, 0.2) is 46.8 Å². The van der Waals surface area contributed by atoms with Gasteiger partial charge in [0.1, 0.15) is 5.75 Å². The molecule has 0 aliphatic carbocycles. The summed E-state index contributed by atoms with van der Waals surface area (Å²) in [4.78, 5) is 10.6. The first-order chi connectivity index (χ1) is 12.7. The maximum absolute atomic E-state index is 5.34. The lowest BCUT2D eigenvalue weighted by Crippen LogP contribution is -2.53. The Kier molecular flexibility index (Phi) is 6.39. The molecule has 1 aliphatic rings. The van der Waals surface area contributed by atoms with Crippen LogP contribution in [-0.4, -0.2) is 57.7 Å². The van der Waals surface area contributed by atoms with Gasteiger partial charge < -0.3 is 19.9 Å². The maximum Gasteiger partial charge on any atom is 0.193 e. The molecule has 0 bridgehead atoms. The van der Waals surface area contributed by atoms with Crippen molar-refractivity contribution in [2.24, 2.45) is 4.99 Å². The Bertz CT molecular complexity index is 708. The normalized spacial score (nSPS) is 16.5. The number of ether oxygens (including phenoxy) is 1. The largest absolute Gasteiger partial charge is 0.497 e.